The predicted octanol–water partition coefficient (Wildman–Crippen LogP) is 3.83. The number of nitrogens with zero attached hydrogens (tertiary/aromatic N) is 4. The van der Waals surface area contributed by atoms with Gasteiger partial charge in [-0.1, -0.05) is 18.2 Å². The molecule has 138 valence electrons. The third-order valence-corrected chi connectivity index (χ3v) is 4.95. The van der Waals surface area contributed by atoms with E-state index < -0.39 is 0 Å². The Morgan fingerprint density at radius 1 is 1.04 bits per heavy atom. The summed E-state index contributed by atoms with van der Waals surface area (Å²) in [5.74, 6) is 1.38. The molecule has 5 heteroatoms. The van der Waals surface area contributed by atoms with E-state index in [0.29, 0.717) is 12.5 Å². The van der Waals surface area contributed by atoms with E-state index >= 15 is 0 Å². The van der Waals surface area contributed by atoms with Crippen molar-refractivity contribution in [3.05, 3.63) is 84.2 Å². The van der Waals surface area contributed by atoms with Gasteiger partial charge in [0.25, 0.3) is 0 Å². The van der Waals surface area contributed by atoms with E-state index in [1.165, 1.54) is 18.4 Å². The lowest BCUT2D eigenvalue weighted by molar-refractivity contribution is 0.198. The highest BCUT2D eigenvalue weighted by Crippen LogP contribution is 2.26. The summed E-state index contributed by atoms with van der Waals surface area (Å²) in [6.07, 6.45) is 7.67. The van der Waals surface area contributed by atoms with Crippen molar-refractivity contribution < 1.29 is 4.74 Å². The van der Waals surface area contributed by atoms with Crippen LogP contribution in [-0.2, 0) is 13.2 Å². The van der Waals surface area contributed by atoms with Crippen LogP contribution in [0.2, 0.25) is 0 Å². The second-order valence-corrected chi connectivity index (χ2v) is 6.97. The van der Waals surface area contributed by atoms with E-state index in [-0.39, 0.29) is 0 Å². The van der Waals surface area contributed by atoms with Crippen LogP contribution in [0, 0.1) is 0 Å². The molecule has 1 aliphatic rings. The topological polar surface area (TPSA) is 51.1 Å². The molecule has 2 aromatic heterocycles. The lowest BCUT2D eigenvalue weighted by Gasteiger charge is -2.32. The van der Waals surface area contributed by atoms with Crippen molar-refractivity contribution in [1.29, 1.82) is 0 Å². The van der Waals surface area contributed by atoms with Crippen LogP contribution in [0.3, 0.4) is 0 Å². The van der Waals surface area contributed by atoms with Crippen LogP contribution in [0.1, 0.15) is 35.7 Å². The molecule has 1 aromatic carbocycles. The molecule has 27 heavy (non-hydrogen) atoms. The summed E-state index contributed by atoms with van der Waals surface area (Å²) in [5.41, 5.74) is 3.37. The second-order valence-electron chi connectivity index (χ2n) is 6.97. The van der Waals surface area contributed by atoms with Gasteiger partial charge in [-0.15, -0.1) is 0 Å². The first kappa shape index (κ1) is 17.6. The number of hydrogen-bond acceptors (Lipinski definition) is 5. The summed E-state index contributed by atoms with van der Waals surface area (Å²) in [7, 11) is 0. The number of likely N-dealkylation sites (tertiary alicyclic amines) is 1. The number of aromatic nitrogens is 3. The minimum atomic E-state index is 0.490. The van der Waals surface area contributed by atoms with Crippen molar-refractivity contribution in [2.45, 2.75) is 31.9 Å². The third kappa shape index (κ3) is 4.89. The van der Waals surface area contributed by atoms with Crippen LogP contribution in [0.25, 0.3) is 0 Å². The fraction of sp³-hybridized carbons (Fsp3) is 0.318. The number of rotatable bonds is 6. The molecule has 0 aliphatic carbocycles. The van der Waals surface area contributed by atoms with Crippen LogP contribution >= 0.6 is 0 Å². The van der Waals surface area contributed by atoms with Gasteiger partial charge in [-0.3, -0.25) is 9.88 Å². The lowest BCUT2D eigenvalue weighted by Crippen LogP contribution is -2.34. The van der Waals surface area contributed by atoms with Crippen LogP contribution in [-0.4, -0.2) is 32.9 Å². The van der Waals surface area contributed by atoms with Crippen LogP contribution in [0.5, 0.6) is 5.75 Å². The standard InChI is InChI=1S/C22H24N4O/c1-2-10-24-20(7-1)16-27-21-8-3-5-18(13-21)14-26-12-4-6-19(15-26)22-9-11-23-17-25-22/h1-3,5,7-11,13,17,19H,4,6,12,14-16H2/t19-/m1/s1. The molecule has 0 N–H and O–H groups in total. The van der Waals surface area contributed by atoms with Gasteiger partial charge < -0.3 is 4.74 Å². The highest BCUT2D eigenvalue weighted by molar-refractivity contribution is 5.28. The van der Waals surface area contributed by atoms with Gasteiger partial charge in [0.2, 0.25) is 0 Å². The van der Waals surface area contributed by atoms with Crippen molar-refractivity contribution >= 4 is 0 Å². The van der Waals surface area contributed by atoms with Crippen molar-refractivity contribution in [3.63, 3.8) is 0 Å². The maximum atomic E-state index is 5.91. The fourth-order valence-electron chi connectivity index (χ4n) is 3.62. The summed E-state index contributed by atoms with van der Waals surface area (Å²) in [6, 6.07) is 16.3. The first-order valence-electron chi connectivity index (χ1n) is 9.47. The molecule has 0 saturated carbocycles. The maximum absolute atomic E-state index is 5.91. The Kier molecular flexibility index (Phi) is 5.70. The molecule has 1 fully saturated rings. The van der Waals surface area contributed by atoms with Crippen molar-refractivity contribution in [2.24, 2.45) is 0 Å². The van der Waals surface area contributed by atoms with E-state index in [1.54, 1.807) is 12.5 Å². The van der Waals surface area contributed by atoms with Crippen LogP contribution < -0.4 is 4.74 Å². The highest BCUT2D eigenvalue weighted by Gasteiger charge is 2.22. The minimum absolute atomic E-state index is 0.490. The summed E-state index contributed by atoms with van der Waals surface area (Å²) < 4.78 is 5.91. The van der Waals surface area contributed by atoms with Gasteiger partial charge >= 0.3 is 0 Å². The number of benzene rings is 1. The molecule has 0 amide bonds. The normalized spacial score (nSPS) is 17.6. The number of pyridine rings is 1. The third-order valence-electron chi connectivity index (χ3n) is 4.95. The van der Waals surface area contributed by atoms with Crippen molar-refractivity contribution in [1.82, 2.24) is 19.9 Å². The average Bonchev–Trinajstić information content (AvgIpc) is 2.74. The fourth-order valence-corrected chi connectivity index (χ4v) is 3.62. The quantitative estimate of drug-likeness (QED) is 0.669. The number of hydrogen-bond donors (Lipinski definition) is 0. The monoisotopic (exact) mass is 360 g/mol. The zero-order valence-corrected chi connectivity index (χ0v) is 15.4. The number of ether oxygens (including phenoxy) is 1. The summed E-state index contributed by atoms with van der Waals surface area (Å²) in [4.78, 5) is 15.3. The van der Waals surface area contributed by atoms with E-state index in [1.807, 2.05) is 36.5 Å². The molecule has 4 rings (SSSR count). The Labute approximate surface area is 160 Å². The van der Waals surface area contributed by atoms with Crippen LogP contribution in [0.4, 0.5) is 0 Å². The first-order chi connectivity index (χ1) is 13.4. The largest absolute Gasteiger partial charge is 0.487 e. The SMILES string of the molecule is c1ccc(COc2cccc(CN3CCC[C@@H](c4ccncn4)C3)c2)nc1. The van der Waals surface area contributed by atoms with E-state index in [9.17, 15) is 0 Å². The Morgan fingerprint density at radius 3 is 2.89 bits per heavy atom. The molecule has 0 spiro atoms. The van der Waals surface area contributed by atoms with Crippen molar-refractivity contribution in [3.8, 4) is 5.75 Å². The molecule has 5 nitrogen and oxygen atoms in total. The van der Waals surface area contributed by atoms with Crippen LogP contribution in [0.15, 0.2) is 67.3 Å². The Balaban J connectivity index is 1.36. The van der Waals surface area contributed by atoms with E-state index in [0.717, 1.165) is 36.8 Å². The molecule has 3 heterocycles. The Hall–Kier alpha value is -2.79. The first-order valence-corrected chi connectivity index (χ1v) is 9.47. The lowest BCUT2D eigenvalue weighted by atomic mass is 9.94. The summed E-state index contributed by atoms with van der Waals surface area (Å²) in [6.45, 7) is 3.59. The molecule has 0 radical (unpaired) electrons. The molecule has 1 saturated heterocycles. The molecule has 3 aromatic rings. The van der Waals surface area contributed by atoms with Gasteiger partial charge in [-0.2, -0.15) is 0 Å². The van der Waals surface area contributed by atoms with Gasteiger partial charge in [-0.05, 0) is 55.3 Å². The zero-order valence-electron chi connectivity index (χ0n) is 15.4. The Morgan fingerprint density at radius 2 is 2.04 bits per heavy atom. The van der Waals surface area contributed by atoms with E-state index in [4.69, 9.17) is 4.74 Å². The van der Waals surface area contributed by atoms with Crippen molar-refractivity contribution in [2.75, 3.05) is 13.1 Å². The highest BCUT2D eigenvalue weighted by atomic mass is 16.5. The molecule has 1 aliphatic heterocycles. The minimum Gasteiger partial charge on any atom is -0.487 e. The van der Waals surface area contributed by atoms with Gasteiger partial charge in [0.05, 0.1) is 5.69 Å². The zero-order chi connectivity index (χ0) is 18.3. The Bertz CT molecular complexity index is 841. The molecule has 0 bridgehead atoms. The smallest absolute Gasteiger partial charge is 0.130 e. The molecular weight excluding hydrogens is 336 g/mol. The summed E-state index contributed by atoms with van der Waals surface area (Å²) >= 11 is 0. The molecule has 1 atom stereocenters. The maximum Gasteiger partial charge on any atom is 0.130 e. The second kappa shape index (κ2) is 8.73. The average molecular weight is 360 g/mol. The molecule has 0 unspecified atom stereocenters. The van der Waals surface area contributed by atoms with Gasteiger partial charge in [-0.25, -0.2) is 9.97 Å². The number of piperidine rings is 1. The van der Waals surface area contributed by atoms with Gasteiger partial charge in [0.15, 0.2) is 0 Å². The van der Waals surface area contributed by atoms with Gasteiger partial charge in [0, 0.05) is 37.1 Å². The predicted molar refractivity (Wildman–Crippen MR) is 104 cm³/mol. The van der Waals surface area contributed by atoms with Gasteiger partial charge in [0.1, 0.15) is 18.7 Å². The van der Waals surface area contributed by atoms with E-state index in [2.05, 4.69) is 38.1 Å². The molecular formula is C22H24N4O. The summed E-state index contributed by atoms with van der Waals surface area (Å²) in [5, 5.41) is 0.